The molecule has 116 valence electrons. The van der Waals surface area contributed by atoms with Gasteiger partial charge in [-0.15, -0.1) is 0 Å². The van der Waals surface area contributed by atoms with E-state index in [1.165, 1.54) is 6.42 Å². The second kappa shape index (κ2) is 6.94. The summed E-state index contributed by atoms with van der Waals surface area (Å²) in [6.07, 6.45) is 1.18. The minimum Gasteiger partial charge on any atom is -0.385 e. The van der Waals surface area contributed by atoms with E-state index in [1.807, 2.05) is 44.0 Å². The van der Waals surface area contributed by atoms with Gasteiger partial charge in [0.05, 0.1) is 5.56 Å². The topological polar surface area (TPSA) is 35.6 Å². The third kappa shape index (κ3) is 3.97. The Bertz CT molecular complexity index is 501. The van der Waals surface area contributed by atoms with Crippen molar-refractivity contribution in [1.29, 1.82) is 0 Å². The lowest BCUT2D eigenvalue weighted by atomic mass is 10.1. The van der Waals surface area contributed by atoms with Gasteiger partial charge in [0.1, 0.15) is 0 Å². The molecular weight excluding hydrogens is 262 g/mol. The van der Waals surface area contributed by atoms with Gasteiger partial charge < -0.3 is 15.1 Å². The molecule has 1 fully saturated rings. The lowest BCUT2D eigenvalue weighted by molar-refractivity contribution is 0.0775. The van der Waals surface area contributed by atoms with E-state index < -0.39 is 0 Å². The number of hydrogen-bond acceptors (Lipinski definition) is 3. The molecule has 4 heteroatoms. The predicted molar refractivity (Wildman–Crippen MR) is 87.9 cm³/mol. The van der Waals surface area contributed by atoms with Crippen LogP contribution in [0.15, 0.2) is 18.2 Å². The van der Waals surface area contributed by atoms with Crippen molar-refractivity contribution in [3.05, 3.63) is 29.3 Å². The number of rotatable bonds is 5. The van der Waals surface area contributed by atoms with Gasteiger partial charge in [-0.1, -0.05) is 11.6 Å². The Hall–Kier alpha value is -1.55. The third-order valence-electron chi connectivity index (χ3n) is 4.14. The summed E-state index contributed by atoms with van der Waals surface area (Å²) in [6.45, 7) is 7.96. The molecule has 21 heavy (non-hydrogen) atoms. The standard InChI is InChI=1S/C17H27N3O/c1-5-18-16-7-6-13(2)10-15(16)17(21)20(4)12-14-8-9-19(3)11-14/h6-7,10,14,18H,5,8-9,11-12H2,1-4H3. The summed E-state index contributed by atoms with van der Waals surface area (Å²) in [5.74, 6) is 0.709. The van der Waals surface area contributed by atoms with Gasteiger partial charge in [0.25, 0.3) is 5.91 Å². The maximum absolute atomic E-state index is 12.7. The van der Waals surface area contributed by atoms with E-state index >= 15 is 0 Å². The number of nitrogens with one attached hydrogen (secondary N) is 1. The molecule has 0 radical (unpaired) electrons. The Labute approximate surface area is 128 Å². The van der Waals surface area contributed by atoms with Crippen LogP contribution in [-0.4, -0.2) is 56.0 Å². The first-order valence-corrected chi connectivity index (χ1v) is 7.79. The van der Waals surface area contributed by atoms with Gasteiger partial charge >= 0.3 is 0 Å². The number of anilines is 1. The fraction of sp³-hybridized carbons (Fsp3) is 0.588. The fourth-order valence-corrected chi connectivity index (χ4v) is 3.03. The minimum absolute atomic E-state index is 0.115. The van der Waals surface area contributed by atoms with Crippen LogP contribution in [0, 0.1) is 12.8 Å². The molecule has 0 aromatic heterocycles. The Morgan fingerprint density at radius 3 is 2.86 bits per heavy atom. The molecule has 1 aliphatic rings. The van der Waals surface area contributed by atoms with Crippen molar-refractivity contribution in [3.8, 4) is 0 Å². The highest BCUT2D eigenvalue weighted by Gasteiger charge is 2.24. The third-order valence-corrected chi connectivity index (χ3v) is 4.14. The Balaban J connectivity index is 2.09. The molecule has 1 N–H and O–H groups in total. The highest BCUT2D eigenvalue weighted by molar-refractivity contribution is 5.99. The minimum atomic E-state index is 0.115. The van der Waals surface area contributed by atoms with Crippen molar-refractivity contribution in [2.45, 2.75) is 20.3 Å². The van der Waals surface area contributed by atoms with Crippen molar-refractivity contribution in [1.82, 2.24) is 9.80 Å². The van der Waals surface area contributed by atoms with Gasteiger partial charge in [-0.2, -0.15) is 0 Å². The molecule has 0 aliphatic carbocycles. The van der Waals surface area contributed by atoms with Gasteiger partial charge in [0.2, 0.25) is 0 Å². The van der Waals surface area contributed by atoms with Crippen molar-refractivity contribution >= 4 is 11.6 Å². The molecule has 1 aromatic rings. The summed E-state index contributed by atoms with van der Waals surface area (Å²) >= 11 is 0. The van der Waals surface area contributed by atoms with E-state index in [0.29, 0.717) is 5.92 Å². The van der Waals surface area contributed by atoms with Crippen LogP contribution in [0.4, 0.5) is 5.69 Å². The number of likely N-dealkylation sites (tertiary alicyclic amines) is 1. The summed E-state index contributed by atoms with van der Waals surface area (Å²) in [5, 5.41) is 3.28. The molecule has 1 heterocycles. The first-order chi connectivity index (χ1) is 10.0. The molecule has 1 atom stereocenters. The summed E-state index contributed by atoms with van der Waals surface area (Å²) in [6, 6.07) is 6.03. The smallest absolute Gasteiger partial charge is 0.255 e. The van der Waals surface area contributed by atoms with Crippen LogP contribution < -0.4 is 5.32 Å². The van der Waals surface area contributed by atoms with Crippen LogP contribution in [0.3, 0.4) is 0 Å². The highest BCUT2D eigenvalue weighted by atomic mass is 16.2. The van der Waals surface area contributed by atoms with E-state index in [4.69, 9.17) is 0 Å². The van der Waals surface area contributed by atoms with E-state index in [-0.39, 0.29) is 5.91 Å². The number of hydrogen-bond donors (Lipinski definition) is 1. The monoisotopic (exact) mass is 289 g/mol. The number of carbonyl (C=O) groups excluding carboxylic acids is 1. The molecular formula is C17H27N3O. The number of aryl methyl sites for hydroxylation is 1. The van der Waals surface area contributed by atoms with E-state index in [1.54, 1.807) is 0 Å². The molecule has 4 nitrogen and oxygen atoms in total. The summed E-state index contributed by atoms with van der Waals surface area (Å²) in [5.41, 5.74) is 2.84. The Kier molecular flexibility index (Phi) is 5.23. The van der Waals surface area contributed by atoms with E-state index in [9.17, 15) is 4.79 Å². The fourth-order valence-electron chi connectivity index (χ4n) is 3.03. The normalized spacial score (nSPS) is 18.8. The van der Waals surface area contributed by atoms with Crippen molar-refractivity contribution in [3.63, 3.8) is 0 Å². The number of benzene rings is 1. The average molecular weight is 289 g/mol. The van der Waals surface area contributed by atoms with Gasteiger partial charge in [0.15, 0.2) is 0 Å². The number of amides is 1. The van der Waals surface area contributed by atoms with E-state index in [2.05, 4.69) is 17.3 Å². The summed E-state index contributed by atoms with van der Waals surface area (Å²) in [4.78, 5) is 16.9. The van der Waals surface area contributed by atoms with Crippen LogP contribution in [-0.2, 0) is 0 Å². The van der Waals surface area contributed by atoms with Gasteiger partial charge in [-0.3, -0.25) is 4.79 Å². The second-order valence-corrected chi connectivity index (χ2v) is 6.18. The zero-order valence-electron chi connectivity index (χ0n) is 13.6. The first-order valence-electron chi connectivity index (χ1n) is 7.79. The van der Waals surface area contributed by atoms with Crippen molar-refractivity contribution < 1.29 is 4.79 Å². The summed E-state index contributed by atoms with van der Waals surface area (Å²) < 4.78 is 0. The largest absolute Gasteiger partial charge is 0.385 e. The maximum Gasteiger partial charge on any atom is 0.255 e. The van der Waals surface area contributed by atoms with Crippen LogP contribution in [0.1, 0.15) is 29.3 Å². The molecule has 1 unspecified atom stereocenters. The SMILES string of the molecule is CCNc1ccc(C)cc1C(=O)N(C)CC1CCN(C)C1. The van der Waals surface area contributed by atoms with Gasteiger partial charge in [0, 0.05) is 32.4 Å². The first kappa shape index (κ1) is 15.8. The maximum atomic E-state index is 12.7. The molecule has 1 aromatic carbocycles. The molecule has 1 amide bonds. The molecule has 1 aliphatic heterocycles. The summed E-state index contributed by atoms with van der Waals surface area (Å²) in [7, 11) is 4.06. The lowest BCUT2D eigenvalue weighted by Crippen LogP contribution is -2.33. The van der Waals surface area contributed by atoms with Crippen molar-refractivity contribution in [2.75, 3.05) is 45.6 Å². The molecule has 0 saturated carbocycles. The zero-order valence-corrected chi connectivity index (χ0v) is 13.6. The second-order valence-electron chi connectivity index (χ2n) is 6.18. The Morgan fingerprint density at radius 2 is 2.24 bits per heavy atom. The quantitative estimate of drug-likeness (QED) is 0.904. The number of carbonyl (C=O) groups is 1. The predicted octanol–water partition coefficient (Wildman–Crippen LogP) is 2.45. The van der Waals surface area contributed by atoms with Crippen LogP contribution in [0.5, 0.6) is 0 Å². The zero-order chi connectivity index (χ0) is 15.4. The van der Waals surface area contributed by atoms with Crippen LogP contribution in [0.2, 0.25) is 0 Å². The lowest BCUT2D eigenvalue weighted by Gasteiger charge is -2.23. The molecule has 0 bridgehead atoms. The molecule has 1 saturated heterocycles. The van der Waals surface area contributed by atoms with Crippen molar-refractivity contribution in [2.24, 2.45) is 5.92 Å². The molecule has 0 spiro atoms. The highest BCUT2D eigenvalue weighted by Crippen LogP contribution is 2.21. The van der Waals surface area contributed by atoms with Crippen LogP contribution >= 0.6 is 0 Å². The Morgan fingerprint density at radius 1 is 1.48 bits per heavy atom. The van der Waals surface area contributed by atoms with Gasteiger partial charge in [-0.05, 0) is 51.9 Å². The van der Waals surface area contributed by atoms with E-state index in [0.717, 1.165) is 43.0 Å². The average Bonchev–Trinajstić information content (AvgIpc) is 2.85. The molecule has 2 rings (SSSR count). The van der Waals surface area contributed by atoms with Gasteiger partial charge in [-0.25, -0.2) is 0 Å². The number of nitrogens with zero attached hydrogens (tertiary/aromatic N) is 2. The van der Waals surface area contributed by atoms with Crippen LogP contribution in [0.25, 0.3) is 0 Å².